The quantitative estimate of drug-likeness (QED) is 0.486. The maximum Gasteiger partial charge on any atom is 0.138 e. The molecule has 0 saturated heterocycles. The Labute approximate surface area is 180 Å². The van der Waals surface area contributed by atoms with E-state index in [0.717, 1.165) is 43.0 Å². The summed E-state index contributed by atoms with van der Waals surface area (Å²) in [5, 5.41) is 3.08. The molecule has 2 aromatic carbocycles. The lowest BCUT2D eigenvalue weighted by Gasteiger charge is -2.36. The molecule has 0 spiro atoms. The first-order valence-corrected chi connectivity index (χ1v) is 11.2. The minimum absolute atomic E-state index is 0.0943. The van der Waals surface area contributed by atoms with Crippen molar-refractivity contribution in [2.24, 2.45) is 11.3 Å². The van der Waals surface area contributed by atoms with Gasteiger partial charge in [-0.05, 0) is 79.8 Å². The molecule has 2 nitrogen and oxygen atoms in total. The number of hydrogen-bond acceptors (Lipinski definition) is 2. The van der Waals surface area contributed by atoms with Gasteiger partial charge in [-0.2, -0.15) is 0 Å². The minimum atomic E-state index is -0.509. The number of rotatable bonds is 7. The van der Waals surface area contributed by atoms with E-state index in [9.17, 15) is 8.78 Å². The van der Waals surface area contributed by atoms with Gasteiger partial charge in [-0.3, -0.25) is 0 Å². The van der Waals surface area contributed by atoms with Crippen LogP contribution in [0.15, 0.2) is 36.4 Å². The SMILES string of the molecule is CCCNCc1c(F)ccc(-c2ccc(OC3CCC(C(C)(C)C)CC3)cc2)c1F. The normalized spacial score (nSPS) is 19.7. The average Bonchev–Trinajstić information content (AvgIpc) is 2.71. The molecule has 0 heterocycles. The molecule has 0 unspecified atom stereocenters. The van der Waals surface area contributed by atoms with E-state index in [1.165, 1.54) is 25.0 Å². The van der Waals surface area contributed by atoms with Gasteiger partial charge in [0.25, 0.3) is 0 Å². The summed E-state index contributed by atoms with van der Waals surface area (Å²) in [5.41, 5.74) is 1.60. The molecule has 0 atom stereocenters. The van der Waals surface area contributed by atoms with E-state index in [1.807, 2.05) is 31.2 Å². The summed E-state index contributed by atoms with van der Waals surface area (Å²) in [4.78, 5) is 0. The highest BCUT2D eigenvalue weighted by Crippen LogP contribution is 2.39. The van der Waals surface area contributed by atoms with Gasteiger partial charge in [0.2, 0.25) is 0 Å². The lowest BCUT2D eigenvalue weighted by molar-refractivity contribution is 0.0882. The second-order valence-electron chi connectivity index (χ2n) is 9.55. The lowest BCUT2D eigenvalue weighted by atomic mass is 9.72. The first kappa shape index (κ1) is 22.7. The van der Waals surface area contributed by atoms with E-state index in [4.69, 9.17) is 4.74 Å². The van der Waals surface area contributed by atoms with E-state index >= 15 is 0 Å². The summed E-state index contributed by atoms with van der Waals surface area (Å²) in [6.45, 7) is 9.90. The molecule has 30 heavy (non-hydrogen) atoms. The molecule has 0 bridgehead atoms. The van der Waals surface area contributed by atoms with Crippen LogP contribution in [0.5, 0.6) is 5.75 Å². The van der Waals surface area contributed by atoms with Crippen molar-refractivity contribution in [2.75, 3.05) is 6.54 Å². The Bertz CT molecular complexity index is 818. The van der Waals surface area contributed by atoms with Gasteiger partial charge >= 0.3 is 0 Å². The molecule has 164 valence electrons. The Balaban J connectivity index is 1.65. The van der Waals surface area contributed by atoms with Crippen molar-refractivity contribution in [1.82, 2.24) is 5.32 Å². The van der Waals surface area contributed by atoms with Crippen molar-refractivity contribution < 1.29 is 13.5 Å². The predicted octanol–water partition coefficient (Wildman–Crippen LogP) is 7.12. The highest BCUT2D eigenvalue weighted by atomic mass is 19.1. The van der Waals surface area contributed by atoms with Crippen molar-refractivity contribution in [2.45, 2.75) is 72.4 Å². The standard InChI is InChI=1S/C26H35F2NO/c1-5-16-29-17-23-24(27)15-14-22(25(23)28)18-6-10-20(11-7-18)30-21-12-8-19(9-13-21)26(2,3)4/h6-7,10-11,14-15,19,21,29H,5,8-9,12-13,16-17H2,1-4H3. The Morgan fingerprint density at radius 2 is 1.63 bits per heavy atom. The summed E-state index contributed by atoms with van der Waals surface area (Å²) in [7, 11) is 0. The summed E-state index contributed by atoms with van der Waals surface area (Å²) >= 11 is 0. The fourth-order valence-electron chi connectivity index (χ4n) is 4.33. The highest BCUT2D eigenvalue weighted by molar-refractivity contribution is 5.66. The third-order valence-corrected chi connectivity index (χ3v) is 6.28. The monoisotopic (exact) mass is 415 g/mol. The van der Waals surface area contributed by atoms with E-state index in [1.54, 1.807) is 0 Å². The fraction of sp³-hybridized carbons (Fsp3) is 0.538. The lowest BCUT2D eigenvalue weighted by Crippen LogP contribution is -2.30. The second-order valence-corrected chi connectivity index (χ2v) is 9.55. The van der Waals surface area contributed by atoms with Crippen LogP contribution in [0.2, 0.25) is 0 Å². The summed E-state index contributed by atoms with van der Waals surface area (Å²) in [6, 6.07) is 10.4. The molecular weight excluding hydrogens is 380 g/mol. The third kappa shape index (κ3) is 5.60. The summed E-state index contributed by atoms with van der Waals surface area (Å²) in [6.07, 6.45) is 5.70. The minimum Gasteiger partial charge on any atom is -0.490 e. The van der Waals surface area contributed by atoms with Gasteiger partial charge in [-0.25, -0.2) is 8.78 Å². The summed E-state index contributed by atoms with van der Waals surface area (Å²) in [5.74, 6) is 0.561. The molecule has 1 aliphatic rings. The van der Waals surface area contributed by atoms with Crippen LogP contribution in [-0.2, 0) is 6.54 Å². The van der Waals surface area contributed by atoms with Crippen molar-refractivity contribution in [1.29, 1.82) is 0 Å². The third-order valence-electron chi connectivity index (χ3n) is 6.28. The first-order valence-electron chi connectivity index (χ1n) is 11.2. The molecule has 2 aromatic rings. The number of benzene rings is 2. The molecule has 0 aromatic heterocycles. The molecule has 4 heteroatoms. The molecule has 1 N–H and O–H groups in total. The molecule has 3 rings (SSSR count). The van der Waals surface area contributed by atoms with Gasteiger partial charge < -0.3 is 10.1 Å². The Hall–Kier alpha value is -1.94. The van der Waals surface area contributed by atoms with Gasteiger partial charge in [-0.15, -0.1) is 0 Å². The van der Waals surface area contributed by atoms with Crippen molar-refractivity contribution in [3.05, 3.63) is 53.6 Å². The zero-order valence-electron chi connectivity index (χ0n) is 18.7. The van der Waals surface area contributed by atoms with E-state index in [0.29, 0.717) is 11.0 Å². The van der Waals surface area contributed by atoms with Gasteiger partial charge in [-0.1, -0.05) is 39.8 Å². The number of ether oxygens (including phenoxy) is 1. The van der Waals surface area contributed by atoms with Gasteiger partial charge in [0.15, 0.2) is 0 Å². The average molecular weight is 416 g/mol. The molecule has 0 aliphatic heterocycles. The number of halogens is 2. The van der Waals surface area contributed by atoms with Crippen LogP contribution < -0.4 is 10.1 Å². The van der Waals surface area contributed by atoms with Crippen LogP contribution in [0.4, 0.5) is 8.78 Å². The number of nitrogens with one attached hydrogen (secondary N) is 1. The van der Waals surface area contributed by atoms with Gasteiger partial charge in [0.05, 0.1) is 6.10 Å². The highest BCUT2D eigenvalue weighted by Gasteiger charge is 2.30. The van der Waals surface area contributed by atoms with Crippen LogP contribution in [0.1, 0.15) is 65.4 Å². The summed E-state index contributed by atoms with van der Waals surface area (Å²) < 4.78 is 35.2. The molecular formula is C26H35F2NO. The van der Waals surface area contributed by atoms with Crippen LogP contribution in [0.3, 0.4) is 0 Å². The zero-order valence-corrected chi connectivity index (χ0v) is 18.7. The molecule has 1 saturated carbocycles. The van der Waals surface area contributed by atoms with Crippen LogP contribution in [-0.4, -0.2) is 12.6 Å². The molecule has 0 amide bonds. The van der Waals surface area contributed by atoms with E-state index in [-0.39, 0.29) is 18.2 Å². The van der Waals surface area contributed by atoms with Crippen LogP contribution in [0, 0.1) is 23.0 Å². The van der Waals surface area contributed by atoms with Crippen molar-refractivity contribution >= 4 is 0 Å². The first-order chi connectivity index (χ1) is 14.3. The largest absolute Gasteiger partial charge is 0.490 e. The second kappa shape index (κ2) is 9.91. The topological polar surface area (TPSA) is 21.3 Å². The fourth-order valence-corrected chi connectivity index (χ4v) is 4.33. The predicted molar refractivity (Wildman–Crippen MR) is 120 cm³/mol. The van der Waals surface area contributed by atoms with E-state index < -0.39 is 11.6 Å². The van der Waals surface area contributed by atoms with Gasteiger partial charge in [0, 0.05) is 17.7 Å². The van der Waals surface area contributed by atoms with Gasteiger partial charge in [0.1, 0.15) is 17.4 Å². The van der Waals surface area contributed by atoms with Crippen molar-refractivity contribution in [3.63, 3.8) is 0 Å². The number of hydrogen-bond donors (Lipinski definition) is 1. The Morgan fingerprint density at radius 1 is 0.967 bits per heavy atom. The maximum absolute atomic E-state index is 14.9. The zero-order chi connectivity index (χ0) is 21.7. The van der Waals surface area contributed by atoms with Crippen molar-refractivity contribution in [3.8, 4) is 16.9 Å². The Kier molecular flexibility index (Phi) is 7.51. The molecule has 0 radical (unpaired) electrons. The smallest absolute Gasteiger partial charge is 0.138 e. The molecule has 1 fully saturated rings. The van der Waals surface area contributed by atoms with Crippen LogP contribution >= 0.6 is 0 Å². The molecule has 1 aliphatic carbocycles. The Morgan fingerprint density at radius 3 is 2.23 bits per heavy atom. The maximum atomic E-state index is 14.9. The van der Waals surface area contributed by atoms with E-state index in [2.05, 4.69) is 26.1 Å². The van der Waals surface area contributed by atoms with Crippen LogP contribution in [0.25, 0.3) is 11.1 Å².